The normalized spacial score (nSPS) is 22.2. The highest BCUT2D eigenvalue weighted by Crippen LogP contribution is 2.27. The van der Waals surface area contributed by atoms with Gasteiger partial charge in [-0.15, -0.1) is 0 Å². The summed E-state index contributed by atoms with van der Waals surface area (Å²) in [5.74, 6) is 0.354. The van der Waals surface area contributed by atoms with E-state index in [9.17, 15) is 4.79 Å². The van der Waals surface area contributed by atoms with E-state index >= 15 is 0 Å². The molecule has 2 aromatic heterocycles. The van der Waals surface area contributed by atoms with E-state index in [-0.39, 0.29) is 11.8 Å². The van der Waals surface area contributed by atoms with Crippen molar-refractivity contribution in [2.24, 2.45) is 5.92 Å². The van der Waals surface area contributed by atoms with Gasteiger partial charge in [0.2, 0.25) is 5.91 Å². The molecule has 1 fully saturated rings. The van der Waals surface area contributed by atoms with Crippen LogP contribution in [0.2, 0.25) is 0 Å². The Morgan fingerprint density at radius 3 is 3.05 bits per heavy atom. The van der Waals surface area contributed by atoms with E-state index in [1.54, 1.807) is 0 Å². The molecule has 1 amide bonds. The van der Waals surface area contributed by atoms with E-state index in [4.69, 9.17) is 0 Å². The minimum absolute atomic E-state index is 0.119. The van der Waals surface area contributed by atoms with Gasteiger partial charge >= 0.3 is 0 Å². The number of pyridine rings is 1. The maximum absolute atomic E-state index is 12.2. The van der Waals surface area contributed by atoms with Gasteiger partial charge in [-0.3, -0.25) is 4.79 Å². The van der Waals surface area contributed by atoms with Gasteiger partial charge in [-0.05, 0) is 37.8 Å². The molecular formula is C15H17N3O. The molecule has 2 heterocycles. The number of aromatic nitrogens is 2. The maximum Gasteiger partial charge on any atom is 0.223 e. The quantitative estimate of drug-likeness (QED) is 0.888. The van der Waals surface area contributed by atoms with Crippen LogP contribution in [0.5, 0.6) is 0 Å². The molecule has 2 aromatic rings. The van der Waals surface area contributed by atoms with Crippen molar-refractivity contribution >= 4 is 11.6 Å². The lowest BCUT2D eigenvalue weighted by Gasteiger charge is -2.21. The largest absolute Gasteiger partial charge is 0.353 e. The number of carbonyl (C=O) groups is 1. The SMILES string of the molecule is O=C(NC1CC1)C1CCc2nc3ccccn3c2C1. The molecule has 1 unspecified atom stereocenters. The van der Waals surface area contributed by atoms with Gasteiger partial charge in [-0.25, -0.2) is 4.98 Å². The zero-order valence-corrected chi connectivity index (χ0v) is 10.8. The van der Waals surface area contributed by atoms with Crippen LogP contribution in [0, 0.1) is 5.92 Å². The van der Waals surface area contributed by atoms with Crippen LogP contribution >= 0.6 is 0 Å². The number of carbonyl (C=O) groups excluding carboxylic acids is 1. The van der Waals surface area contributed by atoms with E-state index in [0.29, 0.717) is 6.04 Å². The lowest BCUT2D eigenvalue weighted by molar-refractivity contribution is -0.125. The van der Waals surface area contributed by atoms with Crippen molar-refractivity contribution in [3.05, 3.63) is 35.8 Å². The number of rotatable bonds is 2. The number of nitrogens with zero attached hydrogens (tertiary/aromatic N) is 2. The lowest BCUT2D eigenvalue weighted by atomic mass is 9.89. The minimum Gasteiger partial charge on any atom is -0.353 e. The zero-order chi connectivity index (χ0) is 12.8. The van der Waals surface area contributed by atoms with Crippen molar-refractivity contribution in [1.29, 1.82) is 0 Å². The Balaban J connectivity index is 1.63. The first-order valence-electron chi connectivity index (χ1n) is 7.06. The average Bonchev–Trinajstić information content (AvgIpc) is 3.17. The van der Waals surface area contributed by atoms with E-state index < -0.39 is 0 Å². The predicted octanol–water partition coefficient (Wildman–Crippen LogP) is 1.72. The lowest BCUT2D eigenvalue weighted by Crippen LogP contribution is -2.35. The third kappa shape index (κ3) is 1.91. The van der Waals surface area contributed by atoms with Gasteiger partial charge < -0.3 is 9.72 Å². The zero-order valence-electron chi connectivity index (χ0n) is 10.8. The fourth-order valence-corrected chi connectivity index (χ4v) is 2.93. The predicted molar refractivity (Wildman–Crippen MR) is 71.9 cm³/mol. The highest BCUT2D eigenvalue weighted by molar-refractivity contribution is 5.80. The fourth-order valence-electron chi connectivity index (χ4n) is 2.93. The van der Waals surface area contributed by atoms with Crippen LogP contribution in [0.4, 0.5) is 0 Å². The Hall–Kier alpha value is -1.84. The molecule has 4 heteroatoms. The molecule has 4 nitrogen and oxygen atoms in total. The Bertz CT molecular complexity index is 642. The first-order valence-corrected chi connectivity index (χ1v) is 7.06. The van der Waals surface area contributed by atoms with Crippen molar-refractivity contribution in [3.63, 3.8) is 0 Å². The summed E-state index contributed by atoms with van der Waals surface area (Å²) in [6.45, 7) is 0. The second-order valence-corrected chi connectivity index (χ2v) is 5.66. The van der Waals surface area contributed by atoms with E-state index in [1.807, 2.05) is 24.4 Å². The minimum atomic E-state index is 0.119. The Morgan fingerprint density at radius 1 is 1.32 bits per heavy atom. The molecule has 0 radical (unpaired) electrons. The fraction of sp³-hybridized carbons (Fsp3) is 0.467. The molecular weight excluding hydrogens is 238 g/mol. The summed E-state index contributed by atoms with van der Waals surface area (Å²) in [6.07, 6.45) is 7.01. The van der Waals surface area contributed by atoms with Crippen LogP contribution in [0.25, 0.3) is 5.65 Å². The van der Waals surface area contributed by atoms with Gasteiger partial charge in [0.15, 0.2) is 0 Å². The first-order chi connectivity index (χ1) is 9.31. The average molecular weight is 255 g/mol. The summed E-state index contributed by atoms with van der Waals surface area (Å²) < 4.78 is 2.13. The van der Waals surface area contributed by atoms with Gasteiger partial charge in [-0.2, -0.15) is 0 Å². The summed E-state index contributed by atoms with van der Waals surface area (Å²) >= 11 is 0. The van der Waals surface area contributed by atoms with Crippen molar-refractivity contribution in [2.75, 3.05) is 0 Å². The van der Waals surface area contributed by atoms with Gasteiger partial charge in [-0.1, -0.05) is 6.07 Å². The van der Waals surface area contributed by atoms with Crippen molar-refractivity contribution < 1.29 is 4.79 Å². The van der Waals surface area contributed by atoms with Crippen molar-refractivity contribution in [1.82, 2.24) is 14.7 Å². The smallest absolute Gasteiger partial charge is 0.223 e. The molecule has 2 aliphatic rings. The summed E-state index contributed by atoms with van der Waals surface area (Å²) in [4.78, 5) is 16.8. The number of amides is 1. The second kappa shape index (κ2) is 4.08. The summed E-state index contributed by atoms with van der Waals surface area (Å²) in [5.41, 5.74) is 3.38. The Kier molecular flexibility index (Phi) is 2.37. The molecule has 0 spiro atoms. The van der Waals surface area contributed by atoms with E-state index in [2.05, 4.69) is 14.7 Å². The number of aryl methyl sites for hydroxylation is 1. The van der Waals surface area contributed by atoms with E-state index in [1.165, 1.54) is 11.4 Å². The Labute approximate surface area is 111 Å². The third-order valence-corrected chi connectivity index (χ3v) is 4.18. The molecule has 0 saturated heterocycles. The van der Waals surface area contributed by atoms with Gasteiger partial charge in [0, 0.05) is 30.3 Å². The number of hydrogen-bond donors (Lipinski definition) is 1. The van der Waals surface area contributed by atoms with Crippen LogP contribution in [0.3, 0.4) is 0 Å². The molecule has 19 heavy (non-hydrogen) atoms. The molecule has 2 aliphatic carbocycles. The number of fused-ring (bicyclic) bond motifs is 3. The molecule has 1 atom stereocenters. The van der Waals surface area contributed by atoms with E-state index in [0.717, 1.165) is 37.8 Å². The van der Waals surface area contributed by atoms with Crippen LogP contribution in [0.15, 0.2) is 24.4 Å². The number of hydrogen-bond acceptors (Lipinski definition) is 2. The molecule has 0 bridgehead atoms. The molecule has 1 N–H and O–H groups in total. The molecule has 1 saturated carbocycles. The standard InChI is InChI=1S/C15H17N3O/c19-15(16-11-5-6-11)10-4-7-12-13(9-10)18-8-2-1-3-14(18)17-12/h1-3,8,10-11H,4-7,9H2,(H,16,19). The second-order valence-electron chi connectivity index (χ2n) is 5.66. The Morgan fingerprint density at radius 2 is 2.21 bits per heavy atom. The topological polar surface area (TPSA) is 46.4 Å². The monoisotopic (exact) mass is 255 g/mol. The number of nitrogens with one attached hydrogen (secondary N) is 1. The van der Waals surface area contributed by atoms with Gasteiger partial charge in [0.05, 0.1) is 5.69 Å². The molecule has 4 rings (SSSR count). The summed E-state index contributed by atoms with van der Waals surface area (Å²) in [6, 6.07) is 6.50. The summed E-state index contributed by atoms with van der Waals surface area (Å²) in [5, 5.41) is 3.13. The summed E-state index contributed by atoms with van der Waals surface area (Å²) in [7, 11) is 0. The van der Waals surface area contributed by atoms with Crippen molar-refractivity contribution in [3.8, 4) is 0 Å². The van der Waals surface area contributed by atoms with Crippen LogP contribution in [0.1, 0.15) is 30.7 Å². The molecule has 98 valence electrons. The highest BCUT2D eigenvalue weighted by Gasteiger charge is 2.31. The van der Waals surface area contributed by atoms with Crippen LogP contribution < -0.4 is 5.32 Å². The van der Waals surface area contributed by atoms with Crippen molar-refractivity contribution in [2.45, 2.75) is 38.1 Å². The highest BCUT2D eigenvalue weighted by atomic mass is 16.2. The maximum atomic E-state index is 12.2. The van der Waals surface area contributed by atoms with Crippen LogP contribution in [-0.2, 0) is 17.6 Å². The van der Waals surface area contributed by atoms with Crippen LogP contribution in [-0.4, -0.2) is 21.3 Å². The van der Waals surface area contributed by atoms with Gasteiger partial charge in [0.25, 0.3) is 0 Å². The molecule has 0 aliphatic heterocycles. The third-order valence-electron chi connectivity index (χ3n) is 4.18. The van der Waals surface area contributed by atoms with Gasteiger partial charge in [0.1, 0.15) is 5.65 Å². The molecule has 0 aromatic carbocycles. The first kappa shape index (κ1) is 11.0. The number of imidazole rings is 1.